The summed E-state index contributed by atoms with van der Waals surface area (Å²) in [7, 11) is 0. The van der Waals surface area contributed by atoms with Crippen molar-refractivity contribution < 1.29 is 4.79 Å². The Labute approximate surface area is 112 Å². The SMILES string of the molecule is CC(N[C@@H](C)C1CCCCC1)C(=O)NC(C)(C)C. The van der Waals surface area contributed by atoms with Gasteiger partial charge in [0.15, 0.2) is 0 Å². The number of carbonyl (C=O) groups excluding carboxylic acids is 1. The maximum atomic E-state index is 12.0. The van der Waals surface area contributed by atoms with Crippen molar-refractivity contribution in [1.29, 1.82) is 0 Å². The van der Waals surface area contributed by atoms with Gasteiger partial charge in [-0.05, 0) is 53.4 Å². The van der Waals surface area contributed by atoms with E-state index >= 15 is 0 Å². The first-order chi connectivity index (χ1) is 8.29. The molecule has 0 radical (unpaired) electrons. The second kappa shape index (κ2) is 6.55. The van der Waals surface area contributed by atoms with E-state index in [4.69, 9.17) is 0 Å². The Kier molecular flexibility index (Phi) is 5.64. The molecule has 1 aliphatic carbocycles. The third kappa shape index (κ3) is 5.38. The van der Waals surface area contributed by atoms with Crippen molar-refractivity contribution in [1.82, 2.24) is 10.6 Å². The Morgan fingerprint density at radius 3 is 2.17 bits per heavy atom. The van der Waals surface area contributed by atoms with Crippen molar-refractivity contribution in [3.63, 3.8) is 0 Å². The number of nitrogens with one attached hydrogen (secondary N) is 2. The van der Waals surface area contributed by atoms with E-state index in [1.807, 2.05) is 27.7 Å². The first kappa shape index (κ1) is 15.5. The lowest BCUT2D eigenvalue weighted by Crippen LogP contribution is -2.52. The number of amides is 1. The quantitative estimate of drug-likeness (QED) is 0.810. The summed E-state index contributed by atoms with van der Waals surface area (Å²) in [6, 6.07) is 0.326. The lowest BCUT2D eigenvalue weighted by molar-refractivity contribution is -0.124. The van der Waals surface area contributed by atoms with Gasteiger partial charge in [0, 0.05) is 11.6 Å². The maximum Gasteiger partial charge on any atom is 0.237 e. The van der Waals surface area contributed by atoms with Gasteiger partial charge in [-0.15, -0.1) is 0 Å². The molecule has 1 fully saturated rings. The minimum atomic E-state index is -0.152. The van der Waals surface area contributed by atoms with E-state index in [0.717, 1.165) is 5.92 Å². The molecule has 106 valence electrons. The molecule has 1 aliphatic rings. The van der Waals surface area contributed by atoms with E-state index in [1.54, 1.807) is 0 Å². The Morgan fingerprint density at radius 2 is 1.67 bits per heavy atom. The molecular weight excluding hydrogens is 224 g/mol. The highest BCUT2D eigenvalue weighted by Gasteiger charge is 2.24. The summed E-state index contributed by atoms with van der Waals surface area (Å²) in [6.07, 6.45) is 6.69. The Bertz CT molecular complexity index is 264. The van der Waals surface area contributed by atoms with Gasteiger partial charge in [0.05, 0.1) is 6.04 Å². The third-order valence-corrected chi connectivity index (χ3v) is 3.76. The molecule has 0 aromatic rings. The predicted molar refractivity (Wildman–Crippen MR) is 76.5 cm³/mol. The number of hydrogen-bond donors (Lipinski definition) is 2. The van der Waals surface area contributed by atoms with Crippen LogP contribution < -0.4 is 10.6 Å². The van der Waals surface area contributed by atoms with Crippen LogP contribution in [0.4, 0.5) is 0 Å². The molecule has 3 heteroatoms. The summed E-state index contributed by atoms with van der Waals surface area (Å²) in [5.41, 5.74) is -0.152. The molecule has 0 spiro atoms. The molecule has 18 heavy (non-hydrogen) atoms. The molecule has 0 aromatic heterocycles. The molecule has 1 saturated carbocycles. The fourth-order valence-corrected chi connectivity index (χ4v) is 2.72. The average Bonchev–Trinajstić information content (AvgIpc) is 2.27. The summed E-state index contributed by atoms with van der Waals surface area (Å²) >= 11 is 0. The molecule has 2 N–H and O–H groups in total. The van der Waals surface area contributed by atoms with Gasteiger partial charge in [0.1, 0.15) is 0 Å². The van der Waals surface area contributed by atoms with Crippen LogP contribution in [0.5, 0.6) is 0 Å². The van der Waals surface area contributed by atoms with Gasteiger partial charge in [-0.3, -0.25) is 4.79 Å². The highest BCUT2D eigenvalue weighted by molar-refractivity contribution is 5.81. The Hall–Kier alpha value is -0.570. The minimum absolute atomic E-state index is 0.102. The van der Waals surface area contributed by atoms with Gasteiger partial charge >= 0.3 is 0 Å². The third-order valence-electron chi connectivity index (χ3n) is 3.76. The van der Waals surface area contributed by atoms with E-state index in [0.29, 0.717) is 6.04 Å². The van der Waals surface area contributed by atoms with Crippen LogP contribution in [0.1, 0.15) is 66.7 Å². The van der Waals surface area contributed by atoms with Crippen molar-refractivity contribution in [3.8, 4) is 0 Å². The largest absolute Gasteiger partial charge is 0.350 e. The fourth-order valence-electron chi connectivity index (χ4n) is 2.72. The lowest BCUT2D eigenvalue weighted by atomic mass is 9.84. The van der Waals surface area contributed by atoms with Crippen molar-refractivity contribution in [2.45, 2.75) is 84.3 Å². The van der Waals surface area contributed by atoms with Crippen molar-refractivity contribution in [2.75, 3.05) is 0 Å². The number of hydrogen-bond acceptors (Lipinski definition) is 2. The molecule has 0 heterocycles. The van der Waals surface area contributed by atoms with E-state index in [1.165, 1.54) is 32.1 Å². The summed E-state index contributed by atoms with van der Waals surface area (Å²) in [5.74, 6) is 0.841. The number of rotatable bonds is 4. The molecule has 0 bridgehead atoms. The van der Waals surface area contributed by atoms with Crippen LogP contribution in [0, 0.1) is 5.92 Å². The maximum absolute atomic E-state index is 12.0. The van der Waals surface area contributed by atoms with Gasteiger partial charge in [-0.2, -0.15) is 0 Å². The second-order valence-corrected chi connectivity index (χ2v) is 6.81. The summed E-state index contributed by atoms with van der Waals surface area (Å²) in [5, 5.41) is 6.49. The molecule has 0 saturated heterocycles. The van der Waals surface area contributed by atoms with E-state index in [9.17, 15) is 4.79 Å². The van der Waals surface area contributed by atoms with Crippen molar-refractivity contribution in [2.24, 2.45) is 5.92 Å². The highest BCUT2D eigenvalue weighted by Crippen LogP contribution is 2.26. The molecule has 0 aromatic carbocycles. The van der Waals surface area contributed by atoms with Crippen LogP contribution in [-0.2, 0) is 4.79 Å². The predicted octanol–water partition coefficient (Wildman–Crippen LogP) is 2.85. The monoisotopic (exact) mass is 254 g/mol. The highest BCUT2D eigenvalue weighted by atomic mass is 16.2. The van der Waals surface area contributed by atoms with Crippen LogP contribution in [0.25, 0.3) is 0 Å². The van der Waals surface area contributed by atoms with Crippen LogP contribution in [-0.4, -0.2) is 23.5 Å². The lowest BCUT2D eigenvalue weighted by Gasteiger charge is -2.31. The summed E-state index contributed by atoms with van der Waals surface area (Å²) in [4.78, 5) is 12.0. The van der Waals surface area contributed by atoms with Gasteiger partial charge in [0.2, 0.25) is 5.91 Å². The number of carbonyl (C=O) groups is 1. The van der Waals surface area contributed by atoms with Crippen LogP contribution in [0.2, 0.25) is 0 Å². The topological polar surface area (TPSA) is 41.1 Å². The summed E-state index contributed by atoms with van der Waals surface area (Å²) < 4.78 is 0. The van der Waals surface area contributed by atoms with Crippen molar-refractivity contribution in [3.05, 3.63) is 0 Å². The minimum Gasteiger partial charge on any atom is -0.350 e. The van der Waals surface area contributed by atoms with E-state index in [-0.39, 0.29) is 17.5 Å². The Morgan fingerprint density at radius 1 is 1.11 bits per heavy atom. The van der Waals surface area contributed by atoms with E-state index in [2.05, 4.69) is 17.6 Å². The van der Waals surface area contributed by atoms with Crippen LogP contribution in [0.15, 0.2) is 0 Å². The smallest absolute Gasteiger partial charge is 0.237 e. The van der Waals surface area contributed by atoms with E-state index < -0.39 is 0 Å². The molecule has 1 rings (SSSR count). The van der Waals surface area contributed by atoms with Gasteiger partial charge in [-0.1, -0.05) is 19.3 Å². The first-order valence-corrected chi connectivity index (χ1v) is 7.37. The zero-order valence-electron chi connectivity index (χ0n) is 12.7. The van der Waals surface area contributed by atoms with Crippen LogP contribution >= 0.6 is 0 Å². The van der Waals surface area contributed by atoms with Crippen LogP contribution in [0.3, 0.4) is 0 Å². The standard InChI is InChI=1S/C15H30N2O/c1-11(13-9-7-6-8-10-13)16-12(2)14(18)17-15(3,4)5/h11-13,16H,6-10H2,1-5H3,(H,17,18)/t11-,12?/m0/s1. The molecule has 0 aliphatic heterocycles. The molecule has 2 atom stereocenters. The van der Waals surface area contributed by atoms with Gasteiger partial charge < -0.3 is 10.6 Å². The molecule has 1 amide bonds. The van der Waals surface area contributed by atoms with Gasteiger partial charge in [0.25, 0.3) is 0 Å². The molecular formula is C15H30N2O. The average molecular weight is 254 g/mol. The first-order valence-electron chi connectivity index (χ1n) is 7.37. The summed E-state index contributed by atoms with van der Waals surface area (Å²) in [6.45, 7) is 10.2. The van der Waals surface area contributed by atoms with Crippen molar-refractivity contribution >= 4 is 5.91 Å². The molecule has 1 unspecified atom stereocenters. The van der Waals surface area contributed by atoms with Gasteiger partial charge in [-0.25, -0.2) is 0 Å². The zero-order valence-corrected chi connectivity index (χ0v) is 12.7. The fraction of sp³-hybridized carbons (Fsp3) is 0.933. The second-order valence-electron chi connectivity index (χ2n) is 6.81. The Balaban J connectivity index is 2.38. The normalized spacial score (nSPS) is 21.4. The zero-order chi connectivity index (χ0) is 13.8. The molecule has 3 nitrogen and oxygen atoms in total.